The van der Waals surface area contributed by atoms with Gasteiger partial charge in [-0.25, -0.2) is 29.9 Å². The number of nitrogens with one attached hydrogen (secondary N) is 2. The second-order valence-corrected chi connectivity index (χ2v) is 24.1. The molecule has 2 aliphatic heterocycles. The molecule has 12 aromatic rings. The monoisotopic (exact) mass is 1230 g/mol. The molecule has 0 amide bonds. The van der Waals surface area contributed by atoms with Gasteiger partial charge in [-0.1, -0.05) is 135 Å². The van der Waals surface area contributed by atoms with Crippen LogP contribution in [0.15, 0.2) is 97.3 Å². The number of aromatic amines is 2. The number of hydrogen-bond donors (Lipinski definition) is 2. The molecule has 0 aliphatic carbocycles. The number of fused-ring (bicyclic) bond motifs is 25. The summed E-state index contributed by atoms with van der Waals surface area (Å²) < 4.78 is 42.6. The first-order valence-corrected chi connectivity index (χ1v) is 33.3. The number of aryl methyl sites for hydroxylation is 2. The zero-order valence-electron chi connectivity index (χ0n) is 54.0. The minimum atomic E-state index is 0.351. The van der Waals surface area contributed by atoms with Crippen molar-refractivity contribution in [2.24, 2.45) is 0 Å². The average Bonchev–Trinajstić information content (AvgIpc) is 1.54. The van der Waals surface area contributed by atoms with Crippen molar-refractivity contribution in [3.63, 3.8) is 0 Å². The lowest BCUT2D eigenvalue weighted by molar-refractivity contribution is 0.308. The van der Waals surface area contributed by atoms with Crippen LogP contribution in [-0.4, -0.2) is 89.5 Å². The Morgan fingerprint density at radius 1 is 0.315 bits per heavy atom. The smallest absolute Gasteiger partial charge is 0.168 e. The molecule has 16 nitrogen and oxygen atoms in total. The Morgan fingerprint density at radius 2 is 0.652 bits per heavy atom. The van der Waals surface area contributed by atoms with E-state index in [1.165, 1.54) is 0 Å². The quantitative estimate of drug-likeness (QED) is 0.0429. The van der Waals surface area contributed by atoms with Crippen LogP contribution < -0.4 is 28.4 Å². The first-order chi connectivity index (χ1) is 45.3. The molecular weight excluding hydrogens is 1150 g/mol. The second kappa shape index (κ2) is 25.9. The minimum Gasteiger partial charge on any atom is -0.492 e. The lowest BCUT2D eigenvalue weighted by Gasteiger charge is -2.19. The highest BCUT2D eigenvalue weighted by molar-refractivity contribution is 6.21. The molecule has 2 aliphatic rings. The standard InChI is InChI=1S/C76H78N10O6/c1-9-15-35-87-63-49-30-24-23-29-47(49)43(7)53-55(63)71-79-69(53)81-75-59-60(68(92-40-20-14-6)62-50(32-26-34-78-62)64(59)88-36-16-10-2)76(86-75)82-70-54-44(8)48-31-25-33-77-61(48)67(91-39-19-13-5)56(54)72(80-70)84-74-58-57(73(83-71)85-74)65(89-37-17-11-3)51-41-45-27-21-22-28-46(45)42-52(51)66(58)90-38-18-12-4/h21-34,41-42H,9-20,35-40H2,1-8H3,(H2,79,80,81,82,83,84,85,86). The molecule has 14 rings (SSSR count). The molecule has 92 heavy (non-hydrogen) atoms. The van der Waals surface area contributed by atoms with Crippen molar-refractivity contribution < 1.29 is 28.4 Å². The zero-order valence-corrected chi connectivity index (χ0v) is 54.0. The summed E-state index contributed by atoms with van der Waals surface area (Å²) in [6.45, 7) is 19.9. The fraction of sp³-hybridized carbons (Fsp3) is 0.342. The van der Waals surface area contributed by atoms with E-state index in [0.29, 0.717) is 159 Å². The summed E-state index contributed by atoms with van der Waals surface area (Å²) in [5.74, 6) is 5.12. The summed E-state index contributed by atoms with van der Waals surface area (Å²) in [5.41, 5.74) is 7.74. The number of ether oxygens (including phenoxy) is 6. The predicted octanol–water partition coefficient (Wildman–Crippen LogP) is 19.1. The third-order valence-electron chi connectivity index (χ3n) is 17.8. The van der Waals surface area contributed by atoms with E-state index >= 15 is 0 Å². The topological polar surface area (TPSA) is 190 Å². The number of nitrogens with zero attached hydrogens (tertiary/aromatic N) is 8. The van der Waals surface area contributed by atoms with E-state index in [4.69, 9.17) is 68.3 Å². The third-order valence-corrected chi connectivity index (χ3v) is 17.8. The van der Waals surface area contributed by atoms with Crippen LogP contribution in [0.5, 0.6) is 34.5 Å². The number of pyridine rings is 2. The lowest BCUT2D eigenvalue weighted by Crippen LogP contribution is -2.04. The third kappa shape index (κ3) is 10.4. The first-order valence-electron chi connectivity index (χ1n) is 33.3. The molecule has 0 fully saturated rings. The van der Waals surface area contributed by atoms with Crippen molar-refractivity contribution in [1.82, 2.24) is 49.8 Å². The molecule has 2 N–H and O–H groups in total. The molecule has 0 saturated carbocycles. The molecule has 0 saturated heterocycles. The molecule has 7 aromatic carbocycles. The summed E-state index contributed by atoms with van der Waals surface area (Å²) in [6.07, 6.45) is 14.1. The average molecular weight is 1230 g/mol. The van der Waals surface area contributed by atoms with E-state index in [1.807, 2.05) is 24.4 Å². The van der Waals surface area contributed by atoms with E-state index in [0.717, 1.165) is 147 Å². The normalized spacial score (nSPS) is 12.0. The van der Waals surface area contributed by atoms with Crippen LogP contribution in [0.2, 0.25) is 0 Å². The Kier molecular flexibility index (Phi) is 16.9. The van der Waals surface area contributed by atoms with Gasteiger partial charge in [0.25, 0.3) is 0 Å². The van der Waals surface area contributed by atoms with Gasteiger partial charge in [0.05, 0.1) is 72.7 Å². The maximum absolute atomic E-state index is 7.22. The highest BCUT2D eigenvalue weighted by atomic mass is 16.5. The summed E-state index contributed by atoms with van der Waals surface area (Å²) in [6, 6.07) is 29.3. The maximum Gasteiger partial charge on any atom is 0.168 e. The summed E-state index contributed by atoms with van der Waals surface area (Å²) in [7, 11) is 0. The van der Waals surface area contributed by atoms with Crippen molar-refractivity contribution in [2.45, 2.75) is 132 Å². The van der Waals surface area contributed by atoms with Crippen molar-refractivity contribution in [3.05, 3.63) is 108 Å². The minimum absolute atomic E-state index is 0.351. The molecule has 0 spiro atoms. The van der Waals surface area contributed by atoms with Gasteiger partial charge in [0.2, 0.25) is 0 Å². The number of unbranched alkanes of at least 4 members (excludes halogenated alkanes) is 6. The van der Waals surface area contributed by atoms with Gasteiger partial charge in [-0.05, 0) is 110 Å². The molecule has 7 heterocycles. The van der Waals surface area contributed by atoms with Crippen LogP contribution in [0.25, 0.3) is 144 Å². The Bertz CT molecular complexity index is 4730. The second-order valence-electron chi connectivity index (χ2n) is 24.1. The number of rotatable bonds is 24. The van der Waals surface area contributed by atoms with Crippen LogP contribution in [0.4, 0.5) is 0 Å². The largest absolute Gasteiger partial charge is 0.492 e. The van der Waals surface area contributed by atoms with Gasteiger partial charge < -0.3 is 38.4 Å². The fourth-order valence-electron chi connectivity index (χ4n) is 13.1. The lowest BCUT2D eigenvalue weighted by atomic mass is 9.95. The molecular formula is C76H78N10O6. The predicted molar refractivity (Wildman–Crippen MR) is 371 cm³/mol. The van der Waals surface area contributed by atoms with Gasteiger partial charge >= 0.3 is 0 Å². The van der Waals surface area contributed by atoms with Crippen LogP contribution >= 0.6 is 0 Å². The van der Waals surface area contributed by atoms with E-state index in [2.05, 4.69) is 132 Å². The van der Waals surface area contributed by atoms with Crippen molar-refractivity contribution in [3.8, 4) is 80.0 Å². The van der Waals surface area contributed by atoms with Gasteiger partial charge in [0.1, 0.15) is 56.6 Å². The number of H-pyrrole nitrogens is 2. The van der Waals surface area contributed by atoms with E-state index in [9.17, 15) is 0 Å². The van der Waals surface area contributed by atoms with E-state index in [-0.39, 0.29) is 0 Å². The SMILES string of the molecule is CCCCOc1c2c(c(OCCCC)c3cc4ccccc4cc13)-c1nc-2nc2[nH]c(nc3nc(nc4[nH]c(n1)c1c(OCCCC)c5ncccc5c(C)c41)-c1c-3c(OCCCC)c3cccnc3c1OCCCC)c1c(C)c3ccccc3c(OCCCC)c21. The van der Waals surface area contributed by atoms with E-state index < -0.39 is 0 Å². The highest BCUT2D eigenvalue weighted by Crippen LogP contribution is 2.55. The summed E-state index contributed by atoms with van der Waals surface area (Å²) in [4.78, 5) is 52.3. The maximum atomic E-state index is 7.22. The Labute approximate surface area is 534 Å². The highest BCUT2D eigenvalue weighted by Gasteiger charge is 2.36. The Balaban J connectivity index is 1.24. The van der Waals surface area contributed by atoms with Gasteiger partial charge in [-0.2, -0.15) is 0 Å². The molecule has 5 aromatic heterocycles. The number of hydrogen-bond acceptors (Lipinski definition) is 14. The van der Waals surface area contributed by atoms with Crippen LogP contribution in [0, 0.1) is 13.8 Å². The van der Waals surface area contributed by atoms with Crippen LogP contribution in [-0.2, 0) is 0 Å². The molecule has 8 bridgehead atoms. The fourth-order valence-corrected chi connectivity index (χ4v) is 13.1. The number of benzene rings is 7. The summed E-state index contributed by atoms with van der Waals surface area (Å²) >= 11 is 0. The van der Waals surface area contributed by atoms with Gasteiger partial charge in [-0.3, -0.25) is 9.97 Å². The van der Waals surface area contributed by atoms with E-state index in [1.54, 1.807) is 6.20 Å². The Hall–Kier alpha value is -9.70. The summed E-state index contributed by atoms with van der Waals surface area (Å²) in [5, 5.41) is 10.6. The molecule has 16 heteroatoms. The Morgan fingerprint density at radius 3 is 1.12 bits per heavy atom. The molecule has 0 atom stereocenters. The van der Waals surface area contributed by atoms with Crippen molar-refractivity contribution in [2.75, 3.05) is 39.6 Å². The van der Waals surface area contributed by atoms with Crippen LogP contribution in [0.1, 0.15) is 130 Å². The first kappa shape index (κ1) is 59.9. The van der Waals surface area contributed by atoms with Gasteiger partial charge in [-0.15, -0.1) is 0 Å². The molecule has 0 unspecified atom stereocenters. The van der Waals surface area contributed by atoms with Crippen molar-refractivity contribution >= 4 is 98.3 Å². The molecule has 468 valence electrons. The van der Waals surface area contributed by atoms with Gasteiger partial charge in [0, 0.05) is 50.1 Å². The van der Waals surface area contributed by atoms with Crippen molar-refractivity contribution in [1.29, 1.82) is 0 Å². The van der Waals surface area contributed by atoms with Gasteiger partial charge in [0.15, 0.2) is 34.8 Å². The zero-order chi connectivity index (χ0) is 63.0. The molecule has 0 radical (unpaired) electrons. The van der Waals surface area contributed by atoms with Crippen LogP contribution in [0.3, 0.4) is 0 Å². The number of aromatic nitrogens is 10.